The maximum Gasteiger partial charge on any atom is 0.187 e. The van der Waals surface area contributed by atoms with Crippen molar-refractivity contribution in [2.24, 2.45) is 0 Å². The number of rotatable bonds is 28. The summed E-state index contributed by atoms with van der Waals surface area (Å²) >= 11 is 0. The molecule has 0 amide bonds. The van der Waals surface area contributed by atoms with E-state index in [0.717, 1.165) is 50.1 Å². The Morgan fingerprint density at radius 2 is 0.518 bits per heavy atom. The minimum atomic E-state index is -1.10. The van der Waals surface area contributed by atoms with Crippen LogP contribution < -0.4 is 0 Å². The van der Waals surface area contributed by atoms with Crippen molar-refractivity contribution < 1.29 is 52.1 Å². The van der Waals surface area contributed by atoms with E-state index in [-0.39, 0.29) is 52.9 Å². The van der Waals surface area contributed by atoms with Gasteiger partial charge in [-0.1, -0.05) is 273 Å². The summed E-state index contributed by atoms with van der Waals surface area (Å²) in [5.74, 6) is 0. The molecule has 10 atom stereocenters. The monoisotopic (exact) mass is 1140 g/mol. The first-order valence-corrected chi connectivity index (χ1v) is 29.3. The average molecular weight is 1140 g/mol. The van der Waals surface area contributed by atoms with E-state index in [4.69, 9.17) is 52.1 Å². The Kier molecular flexibility index (Phi) is 21.3. The highest BCUT2D eigenvalue weighted by Crippen LogP contribution is 2.42. The normalized spacial score (nSPS) is 22.4. The van der Waals surface area contributed by atoms with Crippen molar-refractivity contribution in [1.29, 1.82) is 0 Å². The predicted molar refractivity (Wildman–Crippen MR) is 326 cm³/mol. The highest BCUT2D eigenvalue weighted by atomic mass is 16.8. The third-order valence-corrected chi connectivity index (χ3v) is 15.6. The van der Waals surface area contributed by atoms with Crippen LogP contribution in [0.3, 0.4) is 0 Å². The lowest BCUT2D eigenvalue weighted by Crippen LogP contribution is -2.64. The summed E-state index contributed by atoms with van der Waals surface area (Å²) < 4.78 is 78.1. The van der Waals surface area contributed by atoms with Gasteiger partial charge in [-0.2, -0.15) is 0 Å². The molecule has 0 N–H and O–H groups in total. The summed E-state index contributed by atoms with van der Waals surface area (Å²) in [6.07, 6.45) is -8.22. The summed E-state index contributed by atoms with van der Waals surface area (Å²) in [6, 6.07) is 91.5. The number of hydrogen-bond donors (Lipinski definition) is 0. The summed E-state index contributed by atoms with van der Waals surface area (Å²) in [7, 11) is 1.62. The van der Waals surface area contributed by atoms with Gasteiger partial charge in [0.1, 0.15) is 54.4 Å². The highest BCUT2D eigenvalue weighted by Gasteiger charge is 2.53. The van der Waals surface area contributed by atoms with Crippen LogP contribution in [0.25, 0.3) is 0 Å². The maximum atomic E-state index is 7.64. The Balaban J connectivity index is 0.990. The molecule has 0 bridgehead atoms. The quantitative estimate of drug-likeness (QED) is 0.0438. The first-order chi connectivity index (χ1) is 42.1. The van der Waals surface area contributed by atoms with E-state index in [0.29, 0.717) is 0 Å². The zero-order chi connectivity index (χ0) is 57.7. The van der Waals surface area contributed by atoms with E-state index in [9.17, 15) is 0 Å². The van der Waals surface area contributed by atoms with Crippen LogP contribution in [0.1, 0.15) is 50.1 Å². The smallest absolute Gasteiger partial charge is 0.187 e. The van der Waals surface area contributed by atoms with Crippen LogP contribution in [-0.2, 0) is 97.3 Å². The van der Waals surface area contributed by atoms with Gasteiger partial charge in [-0.3, -0.25) is 0 Å². The van der Waals surface area contributed by atoms with Crippen LogP contribution in [0.15, 0.2) is 273 Å². The van der Waals surface area contributed by atoms with E-state index >= 15 is 0 Å². The fraction of sp³-hybridized carbons (Fsp3) is 0.270. The Morgan fingerprint density at radius 3 is 0.824 bits per heavy atom. The fourth-order valence-electron chi connectivity index (χ4n) is 11.2. The van der Waals surface area contributed by atoms with Crippen LogP contribution in [0.4, 0.5) is 0 Å². The summed E-state index contributed by atoms with van der Waals surface area (Å²) in [4.78, 5) is 0. The van der Waals surface area contributed by atoms with Gasteiger partial charge >= 0.3 is 0 Å². The molecule has 436 valence electrons. The molecular weight excluding hydrogens is 1060 g/mol. The van der Waals surface area contributed by atoms with Gasteiger partial charge in [-0.05, 0) is 50.1 Å². The Bertz CT molecular complexity index is 3180. The fourth-order valence-corrected chi connectivity index (χ4v) is 11.2. The van der Waals surface area contributed by atoms with E-state index in [2.05, 4.69) is 60.7 Å². The number of methoxy groups -OCH3 is 1. The summed E-state index contributed by atoms with van der Waals surface area (Å²) in [6.45, 7) is 1.49. The molecule has 2 fully saturated rings. The molecule has 2 aliphatic rings. The lowest BCUT2D eigenvalue weighted by atomic mass is 9.80. The molecule has 0 spiro atoms. The van der Waals surface area contributed by atoms with Crippen molar-refractivity contribution in [3.8, 4) is 0 Å². The maximum absolute atomic E-state index is 7.64. The van der Waals surface area contributed by atoms with E-state index in [1.807, 2.05) is 212 Å². The van der Waals surface area contributed by atoms with Crippen LogP contribution in [-0.4, -0.2) is 81.7 Å². The second-order valence-electron chi connectivity index (χ2n) is 21.3. The van der Waals surface area contributed by atoms with Crippen molar-refractivity contribution in [3.63, 3.8) is 0 Å². The number of hydrogen-bond acceptors (Lipinski definition) is 11. The molecule has 0 saturated carbocycles. The lowest BCUT2D eigenvalue weighted by Gasteiger charge is -2.48. The van der Waals surface area contributed by atoms with Crippen LogP contribution in [0, 0.1) is 0 Å². The van der Waals surface area contributed by atoms with E-state index in [1.165, 1.54) is 0 Å². The predicted octanol–water partition coefficient (Wildman–Crippen LogP) is 13.6. The molecule has 2 heterocycles. The SMILES string of the molecule is CO[C@H]1O[C@H](COC2O[C@H](COC(c3ccccc3)(c3ccccc3)c3ccccc3)[C@@H](OCc3ccccc3)[C@H](OCc3ccccc3)[C@H]2OCc2ccccc2)[C@@H](OCc2ccccc2)[C@H](OCc2ccccc2)[C@H]1OCc1ccccc1. The van der Waals surface area contributed by atoms with Crippen molar-refractivity contribution in [3.05, 3.63) is 323 Å². The molecule has 11 heteroatoms. The molecule has 0 aliphatic carbocycles. The zero-order valence-electron chi connectivity index (χ0n) is 47.9. The molecule has 9 aromatic rings. The van der Waals surface area contributed by atoms with Gasteiger partial charge in [0.05, 0.1) is 52.9 Å². The molecule has 11 rings (SSSR count). The molecule has 1 unspecified atom stereocenters. The molecule has 11 nitrogen and oxygen atoms in total. The second-order valence-corrected chi connectivity index (χ2v) is 21.3. The molecule has 9 aromatic carbocycles. The van der Waals surface area contributed by atoms with Gasteiger partial charge in [0, 0.05) is 7.11 Å². The average Bonchev–Trinajstić information content (AvgIpc) is 3.62. The van der Waals surface area contributed by atoms with Gasteiger partial charge in [-0.15, -0.1) is 0 Å². The van der Waals surface area contributed by atoms with Gasteiger partial charge in [0.15, 0.2) is 12.6 Å². The van der Waals surface area contributed by atoms with E-state index in [1.54, 1.807) is 7.11 Å². The van der Waals surface area contributed by atoms with Gasteiger partial charge in [0.2, 0.25) is 0 Å². The molecule has 2 saturated heterocycles. The van der Waals surface area contributed by atoms with Crippen molar-refractivity contribution in [2.75, 3.05) is 20.3 Å². The van der Waals surface area contributed by atoms with Crippen LogP contribution in [0.5, 0.6) is 0 Å². The van der Waals surface area contributed by atoms with Gasteiger partial charge in [-0.25, -0.2) is 0 Å². The first-order valence-electron chi connectivity index (χ1n) is 29.3. The summed E-state index contributed by atoms with van der Waals surface area (Å²) in [5.41, 5.74) is 7.60. The molecule has 0 aromatic heterocycles. The van der Waals surface area contributed by atoms with Gasteiger partial charge < -0.3 is 52.1 Å². The van der Waals surface area contributed by atoms with Crippen molar-refractivity contribution >= 4 is 0 Å². The first kappa shape index (κ1) is 59.3. The lowest BCUT2D eigenvalue weighted by molar-refractivity contribution is -0.352. The molecule has 2 aliphatic heterocycles. The Hall–Kier alpha value is -7.46. The zero-order valence-corrected chi connectivity index (χ0v) is 47.9. The largest absolute Gasteiger partial charge is 0.368 e. The third kappa shape index (κ3) is 15.5. The third-order valence-electron chi connectivity index (χ3n) is 15.6. The van der Waals surface area contributed by atoms with Crippen molar-refractivity contribution in [1.82, 2.24) is 0 Å². The minimum Gasteiger partial charge on any atom is -0.368 e. The number of ether oxygens (including phenoxy) is 11. The minimum absolute atomic E-state index is 0.0267. The topological polar surface area (TPSA) is 102 Å². The summed E-state index contributed by atoms with van der Waals surface area (Å²) in [5, 5.41) is 0. The Morgan fingerprint density at radius 1 is 0.271 bits per heavy atom. The number of benzene rings is 9. The highest BCUT2D eigenvalue weighted by molar-refractivity contribution is 5.47. The Labute approximate surface area is 499 Å². The molecule has 0 radical (unpaired) electrons. The molecule has 85 heavy (non-hydrogen) atoms. The molecular formula is C74H74O11. The van der Waals surface area contributed by atoms with Crippen LogP contribution >= 0.6 is 0 Å². The standard InChI is InChI=1S/C74H74O11/c1-75-72-70(80-51-59-37-19-6-20-38-59)68(78-49-57-33-15-4-16-34-57)66(76-47-55-29-11-2-12-30-55)64(84-72)53-82-73-71(81-52-60-39-21-7-22-40-60)69(79-50-58-35-17-5-18-36-58)67(77-48-56-31-13-3-14-32-56)65(85-73)54-83-74(61-41-23-8-24-42-61,62-43-25-9-26-44-62)63-45-27-10-28-46-63/h2-46,64-73H,47-54H2,1H3/t64-,65-,66-,67-,68+,69+,70-,71-,72+,73?/m1/s1. The second kappa shape index (κ2) is 30.6. The van der Waals surface area contributed by atoms with E-state index < -0.39 is 67.0 Å². The van der Waals surface area contributed by atoms with Gasteiger partial charge in [0.25, 0.3) is 0 Å². The van der Waals surface area contributed by atoms with Crippen molar-refractivity contribution in [2.45, 2.75) is 107 Å². The van der Waals surface area contributed by atoms with Crippen LogP contribution in [0.2, 0.25) is 0 Å².